The summed E-state index contributed by atoms with van der Waals surface area (Å²) in [5.41, 5.74) is 5.74. The molecule has 4 N–H and O–H groups in total. The summed E-state index contributed by atoms with van der Waals surface area (Å²) < 4.78 is 0. The van der Waals surface area contributed by atoms with Gasteiger partial charge in [-0.15, -0.1) is 0 Å². The zero-order valence-corrected chi connectivity index (χ0v) is 13.1. The van der Waals surface area contributed by atoms with Crippen LogP contribution in [0.15, 0.2) is 0 Å². The molecular formula is C14H23N3O2S. The van der Waals surface area contributed by atoms with E-state index in [0.717, 1.165) is 25.7 Å². The average Bonchev–Trinajstić information content (AvgIpc) is 2.70. The zero-order chi connectivity index (χ0) is 15.0. The van der Waals surface area contributed by atoms with Crippen molar-refractivity contribution in [1.82, 2.24) is 10.3 Å². The first-order valence-electron chi connectivity index (χ1n) is 6.94. The normalized spacial score (nSPS) is 20.6. The lowest BCUT2D eigenvalue weighted by Gasteiger charge is -2.40. The van der Waals surface area contributed by atoms with Crippen LogP contribution in [0.5, 0.6) is 0 Å². The number of hydrogen-bond donors (Lipinski definition) is 3. The number of nitrogens with zero attached hydrogens (tertiary/aromatic N) is 1. The maximum absolute atomic E-state index is 12.1. The lowest BCUT2D eigenvalue weighted by Crippen LogP contribution is -2.46. The Labute approximate surface area is 123 Å². The van der Waals surface area contributed by atoms with Crippen LogP contribution in [0.3, 0.4) is 0 Å². The first kappa shape index (κ1) is 15.3. The SMILES string of the molecule is Cc1nc(N)sc1C(=O)NCC1(O)CCC(C)(C)CC1. The number of amides is 1. The van der Waals surface area contributed by atoms with Gasteiger partial charge in [0.1, 0.15) is 4.88 Å². The molecule has 20 heavy (non-hydrogen) atoms. The molecule has 1 amide bonds. The highest BCUT2D eigenvalue weighted by Gasteiger charge is 2.36. The summed E-state index contributed by atoms with van der Waals surface area (Å²) in [4.78, 5) is 16.6. The van der Waals surface area contributed by atoms with E-state index < -0.39 is 5.60 Å². The van der Waals surface area contributed by atoms with E-state index in [0.29, 0.717) is 27.7 Å². The highest BCUT2D eigenvalue weighted by molar-refractivity contribution is 7.17. The second-order valence-corrected chi connectivity index (χ2v) is 7.57. The topological polar surface area (TPSA) is 88.2 Å². The molecule has 1 aliphatic carbocycles. The second kappa shape index (κ2) is 5.33. The van der Waals surface area contributed by atoms with Crippen LogP contribution in [0.25, 0.3) is 0 Å². The van der Waals surface area contributed by atoms with Crippen molar-refractivity contribution in [2.45, 2.75) is 52.1 Å². The lowest BCUT2D eigenvalue weighted by atomic mass is 9.71. The van der Waals surface area contributed by atoms with Crippen LogP contribution < -0.4 is 11.1 Å². The fraction of sp³-hybridized carbons (Fsp3) is 0.714. The fourth-order valence-corrected chi connectivity index (χ4v) is 3.27. The van der Waals surface area contributed by atoms with Crippen molar-refractivity contribution in [2.24, 2.45) is 5.41 Å². The van der Waals surface area contributed by atoms with Gasteiger partial charge in [0.2, 0.25) is 0 Å². The molecule has 1 fully saturated rings. The molecule has 0 aliphatic heterocycles. The van der Waals surface area contributed by atoms with Crippen molar-refractivity contribution < 1.29 is 9.90 Å². The van der Waals surface area contributed by atoms with E-state index in [2.05, 4.69) is 24.1 Å². The Kier molecular flexibility index (Phi) is 4.07. The summed E-state index contributed by atoms with van der Waals surface area (Å²) in [7, 11) is 0. The molecule has 0 unspecified atom stereocenters. The number of nitrogens with one attached hydrogen (secondary N) is 1. The lowest BCUT2D eigenvalue weighted by molar-refractivity contribution is -0.0232. The quantitative estimate of drug-likeness (QED) is 0.797. The van der Waals surface area contributed by atoms with E-state index in [1.54, 1.807) is 6.92 Å². The summed E-state index contributed by atoms with van der Waals surface area (Å²) in [6.45, 7) is 6.49. The summed E-state index contributed by atoms with van der Waals surface area (Å²) in [5.74, 6) is -0.199. The monoisotopic (exact) mass is 297 g/mol. The van der Waals surface area contributed by atoms with E-state index in [1.807, 2.05) is 0 Å². The van der Waals surface area contributed by atoms with E-state index in [9.17, 15) is 9.90 Å². The molecule has 0 saturated heterocycles. The van der Waals surface area contributed by atoms with E-state index in [1.165, 1.54) is 11.3 Å². The standard InChI is InChI=1S/C14H23N3O2S/c1-9-10(20-12(15)17-9)11(18)16-8-14(19)6-4-13(2,3)5-7-14/h19H,4-8H2,1-3H3,(H2,15,17)(H,16,18). The van der Waals surface area contributed by atoms with Gasteiger partial charge in [-0.25, -0.2) is 4.98 Å². The number of carbonyl (C=O) groups is 1. The molecule has 1 saturated carbocycles. The molecule has 1 aromatic heterocycles. The summed E-state index contributed by atoms with van der Waals surface area (Å²) in [6, 6.07) is 0. The molecule has 1 aromatic rings. The highest BCUT2D eigenvalue weighted by atomic mass is 32.1. The first-order chi connectivity index (χ1) is 9.21. The number of anilines is 1. The summed E-state index contributed by atoms with van der Waals surface area (Å²) in [5, 5.41) is 13.7. The van der Waals surface area contributed by atoms with Crippen molar-refractivity contribution in [1.29, 1.82) is 0 Å². The van der Waals surface area contributed by atoms with Crippen molar-refractivity contribution in [3.8, 4) is 0 Å². The number of hydrogen-bond acceptors (Lipinski definition) is 5. The summed E-state index contributed by atoms with van der Waals surface area (Å²) in [6.07, 6.45) is 3.41. The van der Waals surface area contributed by atoms with Crippen LogP contribution in [0, 0.1) is 12.3 Å². The fourth-order valence-electron chi connectivity index (χ4n) is 2.52. The molecule has 1 heterocycles. The molecule has 112 valence electrons. The van der Waals surface area contributed by atoms with Gasteiger partial charge in [0.05, 0.1) is 11.3 Å². The third-order valence-corrected chi connectivity index (χ3v) is 5.12. The minimum absolute atomic E-state index is 0.199. The van der Waals surface area contributed by atoms with Crippen molar-refractivity contribution >= 4 is 22.4 Å². The van der Waals surface area contributed by atoms with Gasteiger partial charge in [0, 0.05) is 6.54 Å². The Hall–Kier alpha value is -1.14. The zero-order valence-electron chi connectivity index (χ0n) is 12.3. The van der Waals surface area contributed by atoms with Crippen LogP contribution in [-0.4, -0.2) is 28.1 Å². The smallest absolute Gasteiger partial charge is 0.263 e. The van der Waals surface area contributed by atoms with Crippen LogP contribution in [-0.2, 0) is 0 Å². The number of nitrogen functional groups attached to an aromatic ring is 1. The largest absolute Gasteiger partial charge is 0.388 e. The third kappa shape index (κ3) is 3.49. The molecule has 6 heteroatoms. The number of carbonyl (C=O) groups excluding carboxylic acids is 1. The van der Waals surface area contributed by atoms with Gasteiger partial charge in [-0.2, -0.15) is 0 Å². The van der Waals surface area contributed by atoms with Gasteiger partial charge in [0.15, 0.2) is 5.13 Å². The Balaban J connectivity index is 1.92. The number of rotatable bonds is 3. The molecule has 0 spiro atoms. The third-order valence-electron chi connectivity index (χ3n) is 4.13. The minimum Gasteiger partial charge on any atom is -0.388 e. The Morgan fingerprint density at radius 1 is 1.40 bits per heavy atom. The van der Waals surface area contributed by atoms with Crippen LogP contribution in [0.1, 0.15) is 54.9 Å². The van der Waals surface area contributed by atoms with Gasteiger partial charge >= 0.3 is 0 Å². The number of nitrogens with two attached hydrogens (primary N) is 1. The number of aromatic nitrogens is 1. The van der Waals surface area contributed by atoms with Gasteiger partial charge in [-0.05, 0) is 38.0 Å². The van der Waals surface area contributed by atoms with Crippen LogP contribution in [0.2, 0.25) is 0 Å². The molecule has 5 nitrogen and oxygen atoms in total. The number of aryl methyl sites for hydroxylation is 1. The van der Waals surface area contributed by atoms with Crippen LogP contribution in [0.4, 0.5) is 5.13 Å². The van der Waals surface area contributed by atoms with E-state index >= 15 is 0 Å². The van der Waals surface area contributed by atoms with Gasteiger partial charge in [0.25, 0.3) is 5.91 Å². The van der Waals surface area contributed by atoms with E-state index in [4.69, 9.17) is 5.73 Å². The highest BCUT2D eigenvalue weighted by Crippen LogP contribution is 2.39. The number of aliphatic hydroxyl groups is 1. The van der Waals surface area contributed by atoms with Crippen molar-refractivity contribution in [3.63, 3.8) is 0 Å². The van der Waals surface area contributed by atoms with Crippen molar-refractivity contribution in [3.05, 3.63) is 10.6 Å². The van der Waals surface area contributed by atoms with Gasteiger partial charge in [-0.3, -0.25) is 4.79 Å². The predicted octanol–water partition coefficient (Wildman–Crippen LogP) is 2.09. The average molecular weight is 297 g/mol. The molecule has 0 atom stereocenters. The first-order valence-corrected chi connectivity index (χ1v) is 7.76. The maximum atomic E-state index is 12.1. The molecular weight excluding hydrogens is 274 g/mol. The van der Waals surface area contributed by atoms with Crippen molar-refractivity contribution in [2.75, 3.05) is 12.3 Å². The molecule has 0 radical (unpaired) electrons. The molecule has 2 rings (SSSR count). The predicted molar refractivity (Wildman–Crippen MR) is 80.8 cm³/mol. The Morgan fingerprint density at radius 2 is 2.00 bits per heavy atom. The second-order valence-electron chi connectivity index (χ2n) is 6.54. The van der Waals surface area contributed by atoms with Crippen LogP contribution >= 0.6 is 11.3 Å². The van der Waals surface area contributed by atoms with E-state index in [-0.39, 0.29) is 5.91 Å². The molecule has 0 aromatic carbocycles. The summed E-state index contributed by atoms with van der Waals surface area (Å²) >= 11 is 1.18. The molecule has 1 aliphatic rings. The number of thiazole rings is 1. The minimum atomic E-state index is -0.782. The Morgan fingerprint density at radius 3 is 2.50 bits per heavy atom. The Bertz CT molecular complexity index is 501. The maximum Gasteiger partial charge on any atom is 0.263 e. The van der Waals surface area contributed by atoms with Gasteiger partial charge < -0.3 is 16.2 Å². The molecule has 0 bridgehead atoms. The van der Waals surface area contributed by atoms with Gasteiger partial charge in [-0.1, -0.05) is 25.2 Å².